The third-order valence-electron chi connectivity index (χ3n) is 2.98. The van der Waals surface area contributed by atoms with Crippen molar-refractivity contribution in [1.82, 2.24) is 9.88 Å². The van der Waals surface area contributed by atoms with Crippen molar-refractivity contribution in [3.63, 3.8) is 0 Å². The summed E-state index contributed by atoms with van der Waals surface area (Å²) in [5, 5.41) is 10.9. The number of hydrogen-bond acceptors (Lipinski definition) is 5. The van der Waals surface area contributed by atoms with Gasteiger partial charge in [0.2, 0.25) is 0 Å². The van der Waals surface area contributed by atoms with Gasteiger partial charge in [0.15, 0.2) is 5.13 Å². The first kappa shape index (κ1) is 15.0. The van der Waals surface area contributed by atoms with Gasteiger partial charge in [-0.1, -0.05) is 19.1 Å². The van der Waals surface area contributed by atoms with Gasteiger partial charge in [-0.25, -0.2) is 4.98 Å². The number of anilines is 1. The number of benzene rings is 1. The average molecular weight is 300 g/mol. The van der Waals surface area contributed by atoms with Crippen LogP contribution in [0.2, 0.25) is 0 Å². The van der Waals surface area contributed by atoms with Crippen molar-refractivity contribution in [3.05, 3.63) is 46.5 Å². The molecule has 0 saturated carbocycles. The molecule has 1 aromatic heterocycles. The lowest BCUT2D eigenvalue weighted by atomic mass is 10.1. The highest BCUT2D eigenvalue weighted by Crippen LogP contribution is 2.15. The van der Waals surface area contributed by atoms with Crippen LogP contribution in [0.15, 0.2) is 29.6 Å². The van der Waals surface area contributed by atoms with E-state index in [1.165, 1.54) is 11.3 Å². The first-order chi connectivity index (χ1) is 10.1. The van der Waals surface area contributed by atoms with E-state index in [9.17, 15) is 4.79 Å². The molecule has 0 aliphatic rings. The van der Waals surface area contributed by atoms with Crippen LogP contribution < -0.4 is 5.73 Å². The van der Waals surface area contributed by atoms with Crippen LogP contribution in [-0.2, 0) is 6.54 Å². The number of nitriles is 1. The highest BCUT2D eigenvalue weighted by molar-refractivity contribution is 7.13. The zero-order chi connectivity index (χ0) is 15.2. The second-order valence-corrected chi connectivity index (χ2v) is 5.50. The van der Waals surface area contributed by atoms with E-state index in [4.69, 9.17) is 11.0 Å². The fourth-order valence-corrected chi connectivity index (χ4v) is 2.51. The number of carbonyl (C=O) groups is 1. The minimum Gasteiger partial charge on any atom is -0.375 e. The zero-order valence-corrected chi connectivity index (χ0v) is 12.6. The highest BCUT2D eigenvalue weighted by Gasteiger charge is 2.18. The molecule has 0 unspecified atom stereocenters. The Kier molecular flexibility index (Phi) is 4.90. The van der Waals surface area contributed by atoms with Gasteiger partial charge in [0.05, 0.1) is 11.6 Å². The molecule has 0 atom stereocenters. The Morgan fingerprint density at radius 1 is 1.43 bits per heavy atom. The third-order valence-corrected chi connectivity index (χ3v) is 3.65. The molecule has 2 N–H and O–H groups in total. The van der Waals surface area contributed by atoms with Gasteiger partial charge in [-0.3, -0.25) is 4.79 Å². The molecule has 21 heavy (non-hydrogen) atoms. The third kappa shape index (κ3) is 3.80. The van der Waals surface area contributed by atoms with Crippen LogP contribution in [0.1, 0.15) is 35.0 Å². The van der Waals surface area contributed by atoms with Crippen molar-refractivity contribution in [2.45, 2.75) is 19.9 Å². The number of hydrogen-bond donors (Lipinski definition) is 1. The molecule has 0 bridgehead atoms. The summed E-state index contributed by atoms with van der Waals surface area (Å²) in [4.78, 5) is 18.2. The molecule has 1 heterocycles. The van der Waals surface area contributed by atoms with Crippen molar-refractivity contribution in [3.8, 4) is 6.07 Å². The van der Waals surface area contributed by atoms with Crippen molar-refractivity contribution in [2.24, 2.45) is 0 Å². The number of amides is 1. The summed E-state index contributed by atoms with van der Waals surface area (Å²) in [6.07, 6.45) is 0.863. The number of nitrogen functional groups attached to an aromatic ring is 1. The van der Waals surface area contributed by atoms with E-state index in [1.807, 2.05) is 19.1 Å². The minimum atomic E-state index is -0.117. The highest BCUT2D eigenvalue weighted by atomic mass is 32.1. The Morgan fingerprint density at radius 2 is 2.14 bits per heavy atom. The number of nitrogens with two attached hydrogens (primary N) is 1. The van der Waals surface area contributed by atoms with Gasteiger partial charge in [0.1, 0.15) is 5.69 Å². The summed E-state index contributed by atoms with van der Waals surface area (Å²) in [6, 6.07) is 9.32. The minimum absolute atomic E-state index is 0.117. The topological polar surface area (TPSA) is 83.0 Å². The second-order valence-electron chi connectivity index (χ2n) is 4.61. The average Bonchev–Trinajstić information content (AvgIpc) is 2.93. The van der Waals surface area contributed by atoms with Crippen molar-refractivity contribution >= 4 is 22.4 Å². The normalized spacial score (nSPS) is 10.1. The van der Waals surface area contributed by atoms with Gasteiger partial charge in [0.25, 0.3) is 5.91 Å². The number of carbonyl (C=O) groups excluding carboxylic acids is 1. The number of aromatic nitrogens is 1. The Hall–Kier alpha value is -2.39. The molecule has 0 aliphatic heterocycles. The monoisotopic (exact) mass is 300 g/mol. The van der Waals surface area contributed by atoms with Crippen molar-refractivity contribution < 1.29 is 4.79 Å². The van der Waals surface area contributed by atoms with Gasteiger partial charge >= 0.3 is 0 Å². The lowest BCUT2D eigenvalue weighted by Gasteiger charge is -2.21. The smallest absolute Gasteiger partial charge is 0.273 e. The van der Waals surface area contributed by atoms with Crippen LogP contribution in [0, 0.1) is 11.3 Å². The SMILES string of the molecule is CCCN(Cc1ccc(C#N)cc1)C(=O)c1csc(N)n1. The first-order valence-electron chi connectivity index (χ1n) is 6.63. The van der Waals surface area contributed by atoms with E-state index in [-0.39, 0.29) is 5.91 Å². The van der Waals surface area contributed by atoms with Crippen LogP contribution in [-0.4, -0.2) is 22.3 Å². The number of rotatable bonds is 5. The Labute approximate surface area is 127 Å². The van der Waals surface area contributed by atoms with Gasteiger partial charge in [-0.05, 0) is 24.1 Å². The fourth-order valence-electron chi connectivity index (χ4n) is 1.98. The molecule has 5 nitrogen and oxygen atoms in total. The van der Waals surface area contributed by atoms with Crippen molar-refractivity contribution in [2.75, 3.05) is 12.3 Å². The first-order valence-corrected chi connectivity index (χ1v) is 7.51. The summed E-state index contributed by atoms with van der Waals surface area (Å²) in [6.45, 7) is 3.17. The molecule has 0 saturated heterocycles. The number of thiazole rings is 1. The molecule has 6 heteroatoms. The summed E-state index contributed by atoms with van der Waals surface area (Å²) in [5.74, 6) is -0.117. The predicted octanol–water partition coefficient (Wildman–Crippen LogP) is 2.65. The number of nitrogens with zero attached hydrogens (tertiary/aromatic N) is 3. The van der Waals surface area contributed by atoms with E-state index in [0.717, 1.165) is 12.0 Å². The maximum atomic E-state index is 12.4. The van der Waals surface area contributed by atoms with Crippen LogP contribution in [0.3, 0.4) is 0 Å². The quantitative estimate of drug-likeness (QED) is 0.920. The van der Waals surface area contributed by atoms with E-state index in [1.54, 1.807) is 22.4 Å². The van der Waals surface area contributed by atoms with Crippen molar-refractivity contribution in [1.29, 1.82) is 5.26 Å². The summed E-state index contributed by atoms with van der Waals surface area (Å²) >= 11 is 1.26. The molecule has 1 amide bonds. The van der Waals surface area contributed by atoms with Crippen LogP contribution >= 0.6 is 11.3 Å². The maximum Gasteiger partial charge on any atom is 0.273 e. The lowest BCUT2D eigenvalue weighted by Crippen LogP contribution is -2.31. The molecule has 0 fully saturated rings. The second kappa shape index (κ2) is 6.86. The zero-order valence-electron chi connectivity index (χ0n) is 11.7. The molecule has 2 rings (SSSR count). The van der Waals surface area contributed by atoms with Gasteiger partial charge in [-0.15, -0.1) is 11.3 Å². The van der Waals surface area contributed by atoms with E-state index in [2.05, 4.69) is 11.1 Å². The van der Waals surface area contributed by atoms with E-state index in [0.29, 0.717) is 29.5 Å². The van der Waals surface area contributed by atoms with Crippen LogP contribution in [0.4, 0.5) is 5.13 Å². The molecule has 1 aromatic carbocycles. The summed E-state index contributed by atoms with van der Waals surface area (Å²) < 4.78 is 0. The standard InChI is InChI=1S/C15H16N4OS/c1-2-7-19(14(20)13-10-21-15(17)18-13)9-12-5-3-11(8-16)4-6-12/h3-6,10H,2,7,9H2,1H3,(H2,17,18). The molecule has 2 aromatic rings. The van der Waals surface area contributed by atoms with Crippen LogP contribution in [0.25, 0.3) is 0 Å². The Morgan fingerprint density at radius 3 is 2.67 bits per heavy atom. The molecule has 108 valence electrons. The lowest BCUT2D eigenvalue weighted by molar-refractivity contribution is 0.0738. The molecule has 0 radical (unpaired) electrons. The van der Waals surface area contributed by atoms with E-state index >= 15 is 0 Å². The molecule has 0 aliphatic carbocycles. The predicted molar refractivity (Wildman–Crippen MR) is 82.7 cm³/mol. The summed E-state index contributed by atoms with van der Waals surface area (Å²) in [7, 11) is 0. The van der Waals surface area contributed by atoms with Gasteiger partial charge in [-0.2, -0.15) is 5.26 Å². The largest absolute Gasteiger partial charge is 0.375 e. The summed E-state index contributed by atoms with van der Waals surface area (Å²) in [5.41, 5.74) is 7.57. The maximum absolute atomic E-state index is 12.4. The molecular formula is C15H16N4OS. The molecular weight excluding hydrogens is 284 g/mol. The van der Waals surface area contributed by atoms with E-state index < -0.39 is 0 Å². The molecule has 0 spiro atoms. The van der Waals surface area contributed by atoms with Crippen LogP contribution in [0.5, 0.6) is 0 Å². The van der Waals surface area contributed by atoms with Gasteiger partial charge < -0.3 is 10.6 Å². The fraction of sp³-hybridized carbons (Fsp3) is 0.267. The van der Waals surface area contributed by atoms with Gasteiger partial charge in [0, 0.05) is 18.5 Å². The Bertz CT molecular complexity index is 657. The Balaban J connectivity index is 2.14.